The predicted molar refractivity (Wildman–Crippen MR) is 118 cm³/mol. The highest BCUT2D eigenvalue weighted by Crippen LogP contribution is 2.25. The van der Waals surface area contributed by atoms with Crippen molar-refractivity contribution in [1.82, 2.24) is 0 Å². The Labute approximate surface area is 174 Å². The Bertz CT molecular complexity index is 1150. The van der Waals surface area contributed by atoms with Gasteiger partial charge in [-0.1, -0.05) is 6.07 Å². The van der Waals surface area contributed by atoms with E-state index in [1.165, 1.54) is 0 Å². The lowest BCUT2D eigenvalue weighted by molar-refractivity contribution is 0.103. The van der Waals surface area contributed by atoms with Crippen LogP contribution in [0.4, 0.5) is 11.4 Å². The molecule has 5 nitrogen and oxygen atoms in total. The van der Waals surface area contributed by atoms with Gasteiger partial charge in [-0.15, -0.1) is 0 Å². The molecule has 0 aromatic heterocycles. The highest BCUT2D eigenvalue weighted by Gasteiger charge is 2.10. The fourth-order valence-electron chi connectivity index (χ4n) is 2.90. The van der Waals surface area contributed by atoms with Crippen LogP contribution in [-0.2, 0) is 0 Å². The summed E-state index contributed by atoms with van der Waals surface area (Å²) in [6.07, 6.45) is 0. The lowest BCUT2D eigenvalue weighted by atomic mass is 10.0. The molecule has 0 fully saturated rings. The average molecular weight is 396 g/mol. The van der Waals surface area contributed by atoms with Crippen LogP contribution in [0.1, 0.15) is 15.9 Å². The highest BCUT2D eigenvalue weighted by atomic mass is 16.5. The zero-order chi connectivity index (χ0) is 20.9. The third-order valence-corrected chi connectivity index (χ3v) is 4.44. The second kappa shape index (κ2) is 8.41. The number of carbonyl (C=O) groups excluding carboxylic acids is 1. The van der Waals surface area contributed by atoms with Crippen molar-refractivity contribution in [3.63, 3.8) is 0 Å². The summed E-state index contributed by atoms with van der Waals surface area (Å²) in [6.45, 7) is 0. The van der Waals surface area contributed by atoms with Crippen molar-refractivity contribution in [2.24, 2.45) is 0 Å². The topological polar surface area (TPSA) is 87.6 Å². The molecule has 0 unspecified atom stereocenters. The van der Waals surface area contributed by atoms with E-state index in [4.69, 9.17) is 20.9 Å². The quantitative estimate of drug-likeness (QED) is 0.324. The fourth-order valence-corrected chi connectivity index (χ4v) is 2.90. The molecule has 4 aromatic carbocycles. The largest absolute Gasteiger partial charge is 0.457 e. The van der Waals surface area contributed by atoms with Crippen molar-refractivity contribution < 1.29 is 14.3 Å². The summed E-state index contributed by atoms with van der Waals surface area (Å²) in [5, 5.41) is 0. The van der Waals surface area contributed by atoms with Crippen molar-refractivity contribution in [1.29, 1.82) is 0 Å². The summed E-state index contributed by atoms with van der Waals surface area (Å²) in [7, 11) is 0. The minimum atomic E-state index is -0.0791. The van der Waals surface area contributed by atoms with E-state index in [0.29, 0.717) is 45.5 Å². The molecule has 0 amide bonds. The first-order valence-corrected chi connectivity index (χ1v) is 9.38. The number of nitrogen functional groups attached to an aromatic ring is 2. The molecule has 30 heavy (non-hydrogen) atoms. The molecule has 0 saturated heterocycles. The van der Waals surface area contributed by atoms with Gasteiger partial charge in [0.15, 0.2) is 5.78 Å². The van der Waals surface area contributed by atoms with Gasteiger partial charge in [0.05, 0.1) is 0 Å². The van der Waals surface area contributed by atoms with Crippen LogP contribution in [0.2, 0.25) is 0 Å². The third-order valence-electron chi connectivity index (χ3n) is 4.44. The molecule has 4 aromatic rings. The number of hydrogen-bond acceptors (Lipinski definition) is 5. The Morgan fingerprint density at radius 3 is 1.50 bits per heavy atom. The Balaban J connectivity index is 1.43. The van der Waals surface area contributed by atoms with Gasteiger partial charge in [0, 0.05) is 28.6 Å². The third kappa shape index (κ3) is 4.59. The number of rotatable bonds is 6. The highest BCUT2D eigenvalue weighted by molar-refractivity contribution is 6.09. The fraction of sp³-hybridized carbons (Fsp3) is 0. The first-order valence-electron chi connectivity index (χ1n) is 9.38. The van der Waals surface area contributed by atoms with Gasteiger partial charge >= 0.3 is 0 Å². The van der Waals surface area contributed by atoms with Crippen LogP contribution in [0.5, 0.6) is 23.0 Å². The van der Waals surface area contributed by atoms with Gasteiger partial charge in [-0.2, -0.15) is 0 Å². The van der Waals surface area contributed by atoms with E-state index in [1.54, 1.807) is 84.9 Å². The molecule has 0 aliphatic carbocycles. The second-order valence-corrected chi connectivity index (χ2v) is 6.72. The predicted octanol–water partition coefficient (Wildman–Crippen LogP) is 5.67. The van der Waals surface area contributed by atoms with Gasteiger partial charge in [-0.3, -0.25) is 4.79 Å². The maximum Gasteiger partial charge on any atom is 0.193 e. The lowest BCUT2D eigenvalue weighted by Gasteiger charge is -2.08. The van der Waals surface area contributed by atoms with Crippen molar-refractivity contribution in [3.05, 3.63) is 108 Å². The zero-order valence-corrected chi connectivity index (χ0v) is 16.1. The van der Waals surface area contributed by atoms with Crippen molar-refractivity contribution in [2.45, 2.75) is 0 Å². The second-order valence-electron chi connectivity index (χ2n) is 6.72. The van der Waals surface area contributed by atoms with Gasteiger partial charge in [-0.25, -0.2) is 0 Å². The Morgan fingerprint density at radius 1 is 0.533 bits per heavy atom. The first-order chi connectivity index (χ1) is 14.6. The summed E-state index contributed by atoms with van der Waals surface area (Å²) in [5.41, 5.74) is 13.9. The van der Waals surface area contributed by atoms with Gasteiger partial charge in [0.1, 0.15) is 23.0 Å². The standard InChI is InChI=1S/C25H20N2O3/c26-19-8-14-23(15-9-19)29-21-10-4-17(5-11-21)25(28)18-6-12-22(13-7-18)30-24-3-1-2-20(27)16-24/h1-16H,26-27H2. The summed E-state index contributed by atoms with van der Waals surface area (Å²) in [6, 6.07) is 28.3. The number of ketones is 1. The summed E-state index contributed by atoms with van der Waals surface area (Å²) in [5.74, 6) is 2.51. The van der Waals surface area contributed by atoms with E-state index in [0.717, 1.165) is 0 Å². The minimum absolute atomic E-state index is 0.0791. The number of benzene rings is 4. The molecule has 0 spiro atoms. The maximum atomic E-state index is 12.8. The summed E-state index contributed by atoms with van der Waals surface area (Å²) < 4.78 is 11.5. The van der Waals surface area contributed by atoms with Crippen LogP contribution in [0.3, 0.4) is 0 Å². The van der Waals surface area contributed by atoms with Gasteiger partial charge in [0.2, 0.25) is 0 Å². The van der Waals surface area contributed by atoms with E-state index in [-0.39, 0.29) is 5.78 Å². The molecule has 0 aliphatic rings. The van der Waals surface area contributed by atoms with Crippen LogP contribution < -0.4 is 20.9 Å². The zero-order valence-electron chi connectivity index (χ0n) is 16.1. The number of carbonyl (C=O) groups is 1. The number of hydrogen-bond donors (Lipinski definition) is 2. The number of nitrogens with two attached hydrogens (primary N) is 2. The normalized spacial score (nSPS) is 10.4. The first kappa shape index (κ1) is 19.1. The molecular formula is C25H20N2O3. The molecule has 0 radical (unpaired) electrons. The molecule has 0 saturated carbocycles. The van der Waals surface area contributed by atoms with Crippen LogP contribution >= 0.6 is 0 Å². The molecule has 0 heterocycles. The molecule has 0 atom stereocenters. The Kier molecular flexibility index (Phi) is 5.35. The van der Waals surface area contributed by atoms with Crippen LogP contribution in [0.15, 0.2) is 97.1 Å². The smallest absolute Gasteiger partial charge is 0.193 e. The maximum absolute atomic E-state index is 12.8. The number of ether oxygens (including phenoxy) is 2. The molecule has 4 N–H and O–H groups in total. The van der Waals surface area contributed by atoms with Crippen molar-refractivity contribution in [2.75, 3.05) is 11.5 Å². The number of anilines is 2. The summed E-state index contributed by atoms with van der Waals surface area (Å²) >= 11 is 0. The average Bonchev–Trinajstić information content (AvgIpc) is 2.76. The van der Waals surface area contributed by atoms with Crippen molar-refractivity contribution in [3.8, 4) is 23.0 Å². The van der Waals surface area contributed by atoms with E-state index in [1.807, 2.05) is 12.1 Å². The van der Waals surface area contributed by atoms with Gasteiger partial charge < -0.3 is 20.9 Å². The van der Waals surface area contributed by atoms with E-state index < -0.39 is 0 Å². The van der Waals surface area contributed by atoms with Crippen LogP contribution in [-0.4, -0.2) is 5.78 Å². The van der Waals surface area contributed by atoms with Crippen LogP contribution in [0.25, 0.3) is 0 Å². The van der Waals surface area contributed by atoms with E-state index >= 15 is 0 Å². The minimum Gasteiger partial charge on any atom is -0.457 e. The molecule has 5 heteroatoms. The SMILES string of the molecule is Nc1ccc(Oc2ccc(C(=O)c3ccc(Oc4cccc(N)c4)cc3)cc2)cc1. The van der Waals surface area contributed by atoms with E-state index in [2.05, 4.69) is 0 Å². The molecule has 4 rings (SSSR count). The van der Waals surface area contributed by atoms with Crippen LogP contribution in [0, 0.1) is 0 Å². The monoisotopic (exact) mass is 396 g/mol. The Morgan fingerprint density at radius 2 is 1.00 bits per heavy atom. The van der Waals surface area contributed by atoms with Gasteiger partial charge in [-0.05, 0) is 84.9 Å². The molecule has 148 valence electrons. The summed E-state index contributed by atoms with van der Waals surface area (Å²) in [4.78, 5) is 12.8. The molecular weight excluding hydrogens is 376 g/mol. The molecule has 0 aliphatic heterocycles. The van der Waals surface area contributed by atoms with Crippen molar-refractivity contribution >= 4 is 17.2 Å². The lowest BCUT2D eigenvalue weighted by Crippen LogP contribution is -2.01. The Hall–Kier alpha value is -4.25. The van der Waals surface area contributed by atoms with E-state index in [9.17, 15) is 4.79 Å². The molecule has 0 bridgehead atoms. The van der Waals surface area contributed by atoms with Gasteiger partial charge in [0.25, 0.3) is 0 Å².